The van der Waals surface area contributed by atoms with Crippen molar-refractivity contribution in [3.63, 3.8) is 0 Å². The zero-order valence-electron chi connectivity index (χ0n) is 28.9. The first-order chi connectivity index (χ1) is 22.5. The van der Waals surface area contributed by atoms with E-state index in [9.17, 15) is 4.79 Å². The molecule has 0 aliphatic heterocycles. The van der Waals surface area contributed by atoms with Gasteiger partial charge in [-0.1, -0.05) is 105 Å². The molecule has 2 heterocycles. The number of para-hydroxylation sites is 2. The largest absolute Gasteiger partial charge is 0.557 e. The number of carbonyl (C=O) groups excluding carboxylic acids is 1. The number of imidazole rings is 1. The molecule has 6 aromatic rings. The summed E-state index contributed by atoms with van der Waals surface area (Å²) >= 11 is 0. The number of hydrogen-bond donors (Lipinski definition) is 1. The van der Waals surface area contributed by atoms with Gasteiger partial charge in [0.05, 0.1) is 22.6 Å². The van der Waals surface area contributed by atoms with Crippen molar-refractivity contribution in [2.75, 3.05) is 0 Å². The molecule has 1 N–H and O–H groups in total. The predicted molar refractivity (Wildman–Crippen MR) is 195 cm³/mol. The molecular formula is C42H43IrN2O3-. The third-order valence-corrected chi connectivity index (χ3v) is 8.34. The molecule has 6 heteroatoms. The number of ketones is 1. The summed E-state index contributed by atoms with van der Waals surface area (Å²) in [6.07, 6.45) is 6.55. The Balaban J connectivity index is 0.000000589. The van der Waals surface area contributed by atoms with E-state index in [0.29, 0.717) is 11.8 Å². The van der Waals surface area contributed by atoms with Crippen LogP contribution in [0, 0.1) is 6.26 Å². The van der Waals surface area contributed by atoms with Gasteiger partial charge < -0.3 is 14.1 Å². The Morgan fingerprint density at radius 2 is 1.48 bits per heavy atom. The fraction of sp³-hybridized carbons (Fsp3) is 0.238. The van der Waals surface area contributed by atoms with E-state index >= 15 is 0 Å². The second-order valence-electron chi connectivity index (χ2n) is 12.6. The number of fused-ring (bicyclic) bond motifs is 2. The van der Waals surface area contributed by atoms with Gasteiger partial charge in [0, 0.05) is 43.7 Å². The molecule has 48 heavy (non-hydrogen) atoms. The number of aromatic nitrogens is 2. The summed E-state index contributed by atoms with van der Waals surface area (Å²) in [6, 6.07) is 30.2. The molecule has 0 saturated carbocycles. The van der Waals surface area contributed by atoms with E-state index in [4.69, 9.17) is 14.5 Å². The summed E-state index contributed by atoms with van der Waals surface area (Å²) in [5.41, 5.74) is 12.4. The molecule has 0 unspecified atom stereocenters. The van der Waals surface area contributed by atoms with Crippen molar-refractivity contribution in [3.05, 3.63) is 126 Å². The van der Waals surface area contributed by atoms with Crippen molar-refractivity contribution in [3.8, 4) is 28.2 Å². The summed E-state index contributed by atoms with van der Waals surface area (Å²) in [5.74, 6) is 1.40. The fourth-order valence-corrected chi connectivity index (χ4v) is 5.88. The number of allylic oxidation sites excluding steroid dienone is 4. The second-order valence-corrected chi connectivity index (χ2v) is 12.6. The average Bonchev–Trinajstić information content (AvgIpc) is 3.64. The van der Waals surface area contributed by atoms with Gasteiger partial charge >= 0.3 is 0 Å². The van der Waals surface area contributed by atoms with Crippen LogP contribution >= 0.6 is 0 Å². The van der Waals surface area contributed by atoms with Gasteiger partial charge in [-0.3, -0.25) is 9.78 Å². The molecule has 0 aliphatic rings. The van der Waals surface area contributed by atoms with Crippen molar-refractivity contribution >= 4 is 33.4 Å². The topological polar surface area (TPSA) is 68.3 Å². The molecule has 2 aromatic heterocycles. The summed E-state index contributed by atoms with van der Waals surface area (Å²) in [7, 11) is 0. The zero-order valence-corrected chi connectivity index (χ0v) is 31.3. The molecule has 0 saturated heterocycles. The smallest absolute Gasteiger partial charge is 0.155 e. The van der Waals surface area contributed by atoms with E-state index in [1.807, 2.05) is 6.07 Å². The van der Waals surface area contributed by atoms with Crippen LogP contribution in [0.2, 0.25) is 0 Å². The summed E-state index contributed by atoms with van der Waals surface area (Å²) in [5, 5.41) is 9.38. The van der Waals surface area contributed by atoms with Crippen LogP contribution in [0.15, 0.2) is 107 Å². The number of carbonyl (C=O) groups is 1. The molecular weight excluding hydrogens is 773 g/mol. The predicted octanol–water partition coefficient (Wildman–Crippen LogP) is 11.6. The van der Waals surface area contributed by atoms with Gasteiger partial charge in [-0.15, -0.1) is 0 Å². The van der Waals surface area contributed by atoms with Crippen molar-refractivity contribution in [2.24, 2.45) is 0 Å². The number of nitrogens with zero attached hydrogens (tertiary/aromatic N) is 2. The van der Waals surface area contributed by atoms with Gasteiger partial charge in [0.25, 0.3) is 0 Å². The Labute approximate surface area is 297 Å². The summed E-state index contributed by atoms with van der Waals surface area (Å²) in [6.45, 7) is 16.2. The third kappa shape index (κ3) is 7.62. The van der Waals surface area contributed by atoms with Gasteiger partial charge in [-0.05, 0) is 97.2 Å². The Kier molecular flexibility index (Phi) is 11.8. The maximum Gasteiger partial charge on any atom is 0.155 e. The van der Waals surface area contributed by atoms with Gasteiger partial charge in [0.1, 0.15) is 0 Å². The minimum Gasteiger partial charge on any atom is -0.557 e. The first-order valence-electron chi connectivity index (χ1n) is 16.2. The molecule has 249 valence electrons. The minimum absolute atomic E-state index is 0. The van der Waals surface area contributed by atoms with E-state index in [1.54, 1.807) is 0 Å². The Morgan fingerprint density at radius 3 is 2.04 bits per heavy atom. The van der Waals surface area contributed by atoms with Crippen molar-refractivity contribution in [1.29, 1.82) is 0 Å². The molecule has 0 aliphatic carbocycles. The van der Waals surface area contributed by atoms with Crippen LogP contribution in [0.3, 0.4) is 0 Å². The average molecular weight is 816 g/mol. The number of aliphatic hydroxyl groups excluding tert-OH is 1. The zero-order chi connectivity index (χ0) is 33.8. The van der Waals surface area contributed by atoms with Crippen LogP contribution in [0.5, 0.6) is 0 Å². The quantitative estimate of drug-likeness (QED) is 0.0990. The van der Waals surface area contributed by atoms with Crippen LogP contribution in [0.1, 0.15) is 83.9 Å². The first-order valence-corrected chi connectivity index (χ1v) is 16.2. The van der Waals surface area contributed by atoms with Crippen molar-refractivity contribution in [2.45, 2.75) is 67.2 Å². The van der Waals surface area contributed by atoms with Gasteiger partial charge in [0.2, 0.25) is 0 Å². The fourth-order valence-electron chi connectivity index (χ4n) is 5.88. The normalized spacial score (nSPS) is 12.0. The van der Waals surface area contributed by atoms with Gasteiger partial charge in [0.15, 0.2) is 5.78 Å². The molecule has 1 radical (unpaired) electrons. The van der Waals surface area contributed by atoms with E-state index in [-0.39, 0.29) is 31.6 Å². The molecule has 0 amide bonds. The second kappa shape index (κ2) is 15.6. The number of rotatable bonds is 7. The minimum atomic E-state index is -0.125. The molecule has 0 fully saturated rings. The number of aliphatic hydroxyl groups is 1. The van der Waals surface area contributed by atoms with E-state index < -0.39 is 0 Å². The molecule has 0 atom stereocenters. The molecule has 5 nitrogen and oxygen atoms in total. The van der Waals surface area contributed by atoms with Crippen LogP contribution in [-0.2, 0) is 24.9 Å². The monoisotopic (exact) mass is 816 g/mol. The number of furan rings is 1. The van der Waals surface area contributed by atoms with E-state index in [0.717, 1.165) is 33.4 Å². The molecule has 0 spiro atoms. The first kappa shape index (κ1) is 36.3. The summed E-state index contributed by atoms with van der Waals surface area (Å²) in [4.78, 5) is 15.2. The van der Waals surface area contributed by atoms with E-state index in [2.05, 4.69) is 137 Å². The van der Waals surface area contributed by atoms with Crippen molar-refractivity contribution in [1.82, 2.24) is 9.55 Å². The van der Waals surface area contributed by atoms with Crippen LogP contribution in [0.25, 0.3) is 55.8 Å². The maximum atomic E-state index is 10.0. The SMILES string of the molecule is C/C=C(/C)c1ccc2o[c-]c(-c3nc4ccccc4n3-c3c(C(C)C)cc(-c4ccccc4)cc3C(C)C)c2c1.CC(=O)/C=C(/C)O.[Ir]. The van der Waals surface area contributed by atoms with Crippen LogP contribution in [-0.4, -0.2) is 20.4 Å². The number of benzene rings is 4. The Hall–Kier alpha value is -4.51. The molecule has 0 bridgehead atoms. The van der Waals surface area contributed by atoms with E-state index in [1.165, 1.54) is 59.0 Å². The van der Waals surface area contributed by atoms with Gasteiger partial charge in [-0.2, -0.15) is 0 Å². The van der Waals surface area contributed by atoms with Gasteiger partial charge in [-0.25, -0.2) is 0 Å². The molecule has 6 rings (SSSR count). The Bertz CT molecular complexity index is 2080. The van der Waals surface area contributed by atoms with Crippen LogP contribution < -0.4 is 0 Å². The molecule has 4 aromatic carbocycles. The van der Waals surface area contributed by atoms with Crippen LogP contribution in [0.4, 0.5) is 0 Å². The maximum absolute atomic E-state index is 10.0. The third-order valence-electron chi connectivity index (χ3n) is 8.34. The number of hydrogen-bond acceptors (Lipinski definition) is 4. The summed E-state index contributed by atoms with van der Waals surface area (Å²) < 4.78 is 8.35. The van der Waals surface area contributed by atoms with Crippen molar-refractivity contribution < 1.29 is 34.4 Å². The Morgan fingerprint density at radius 1 is 0.854 bits per heavy atom. The standard InChI is InChI=1S/C37H35N2O.C5H8O2.Ir/c1-7-25(6)27-17-18-35-31(19-27)32(22-40-35)37-38-33-15-11-12-16-34(33)39(37)36-29(23(2)3)20-28(21-30(36)24(4)5)26-13-9-8-10-14-26;1-4(6)3-5(2)7;/h7-21,23-24H,1-6H3;3,6H,1-2H3;/q-1;;/b25-7-;4-3-;.